The van der Waals surface area contributed by atoms with Crippen molar-refractivity contribution < 1.29 is 19.4 Å². The van der Waals surface area contributed by atoms with Gasteiger partial charge in [0.25, 0.3) is 5.91 Å². The van der Waals surface area contributed by atoms with Crippen molar-refractivity contribution in [2.45, 2.75) is 12.8 Å². The number of benzene rings is 3. The third kappa shape index (κ3) is 4.51. The van der Waals surface area contributed by atoms with Crippen molar-refractivity contribution in [3.05, 3.63) is 83.9 Å². The minimum absolute atomic E-state index is 0.0199. The van der Waals surface area contributed by atoms with E-state index >= 15 is 0 Å². The first-order chi connectivity index (χ1) is 14.6. The van der Waals surface area contributed by atoms with Crippen LogP contribution in [-0.4, -0.2) is 41.6 Å². The Balaban J connectivity index is 1.39. The first-order valence-corrected chi connectivity index (χ1v) is 10.0. The van der Waals surface area contributed by atoms with Crippen molar-refractivity contribution in [1.82, 2.24) is 4.90 Å². The lowest BCUT2D eigenvalue weighted by Crippen LogP contribution is -2.34. The summed E-state index contributed by atoms with van der Waals surface area (Å²) in [5, 5.41) is 10.9. The summed E-state index contributed by atoms with van der Waals surface area (Å²) in [6.45, 7) is 1.41. The topological polar surface area (TPSA) is 66.8 Å². The van der Waals surface area contributed by atoms with Gasteiger partial charge in [0, 0.05) is 18.7 Å². The van der Waals surface area contributed by atoms with Crippen LogP contribution in [0.3, 0.4) is 0 Å². The Morgan fingerprint density at radius 2 is 1.73 bits per heavy atom. The fraction of sp³-hybridized carbons (Fsp3) is 0.200. The molecule has 0 spiro atoms. The number of fused-ring (bicyclic) bond motifs is 1. The van der Waals surface area contributed by atoms with Crippen molar-refractivity contribution >= 4 is 28.2 Å². The van der Waals surface area contributed by atoms with Gasteiger partial charge in [-0.1, -0.05) is 48.5 Å². The number of amides is 1. The zero-order valence-corrected chi connectivity index (χ0v) is 16.6. The minimum atomic E-state index is -0.873. The highest BCUT2D eigenvalue weighted by molar-refractivity contribution is 5.99. The van der Waals surface area contributed by atoms with E-state index in [0.717, 1.165) is 22.8 Å². The SMILES string of the molecule is O=C(O)CCOc1ccc(C2=CCN(C(=O)c3ccc4ccccc4c3)CC2)cc1. The summed E-state index contributed by atoms with van der Waals surface area (Å²) in [5.41, 5.74) is 3.02. The van der Waals surface area contributed by atoms with Crippen LogP contribution in [0.1, 0.15) is 28.8 Å². The molecule has 0 saturated heterocycles. The molecular formula is C25H23NO4. The van der Waals surface area contributed by atoms with Crippen LogP contribution in [0.4, 0.5) is 0 Å². The summed E-state index contributed by atoms with van der Waals surface area (Å²) in [7, 11) is 0. The van der Waals surface area contributed by atoms with Gasteiger partial charge in [-0.15, -0.1) is 0 Å². The minimum Gasteiger partial charge on any atom is -0.493 e. The Labute approximate surface area is 175 Å². The van der Waals surface area contributed by atoms with Crippen molar-refractivity contribution in [1.29, 1.82) is 0 Å². The standard InChI is InChI=1S/C25H23NO4/c27-24(28)13-16-30-23-9-7-19(8-10-23)20-11-14-26(15-12-20)25(29)22-6-5-18-3-1-2-4-21(18)17-22/h1-11,17H,12-16H2,(H,27,28). The number of carbonyl (C=O) groups is 2. The quantitative estimate of drug-likeness (QED) is 0.654. The molecule has 3 aromatic carbocycles. The van der Waals surface area contributed by atoms with E-state index in [1.807, 2.05) is 71.6 Å². The van der Waals surface area contributed by atoms with Crippen LogP contribution < -0.4 is 4.74 Å². The largest absolute Gasteiger partial charge is 0.493 e. The second-order valence-electron chi connectivity index (χ2n) is 7.31. The molecule has 4 rings (SSSR count). The monoisotopic (exact) mass is 401 g/mol. The van der Waals surface area contributed by atoms with Crippen molar-refractivity contribution in [2.24, 2.45) is 0 Å². The molecule has 0 bridgehead atoms. The fourth-order valence-electron chi connectivity index (χ4n) is 3.64. The number of carboxylic acids is 1. The first-order valence-electron chi connectivity index (χ1n) is 10.0. The number of hydrogen-bond donors (Lipinski definition) is 1. The zero-order chi connectivity index (χ0) is 20.9. The van der Waals surface area contributed by atoms with Crippen LogP contribution >= 0.6 is 0 Å². The van der Waals surface area contributed by atoms with Crippen LogP contribution in [0.5, 0.6) is 5.75 Å². The number of carbonyl (C=O) groups excluding carboxylic acids is 1. The van der Waals surface area contributed by atoms with Gasteiger partial charge in [-0.2, -0.15) is 0 Å². The Kier molecular flexibility index (Phi) is 5.80. The van der Waals surface area contributed by atoms with Gasteiger partial charge in [0.05, 0.1) is 13.0 Å². The smallest absolute Gasteiger partial charge is 0.306 e. The molecule has 0 unspecified atom stereocenters. The van der Waals surface area contributed by atoms with Gasteiger partial charge in [-0.25, -0.2) is 0 Å². The van der Waals surface area contributed by atoms with E-state index in [2.05, 4.69) is 6.08 Å². The van der Waals surface area contributed by atoms with E-state index in [-0.39, 0.29) is 18.9 Å². The third-order valence-corrected chi connectivity index (χ3v) is 5.30. The van der Waals surface area contributed by atoms with E-state index in [4.69, 9.17) is 9.84 Å². The number of hydrogen-bond acceptors (Lipinski definition) is 3. The Bertz CT molecular complexity index is 1100. The normalized spacial score (nSPS) is 13.7. The van der Waals surface area contributed by atoms with Crippen LogP contribution in [0.25, 0.3) is 16.3 Å². The molecule has 1 amide bonds. The highest BCUT2D eigenvalue weighted by Crippen LogP contribution is 2.26. The summed E-state index contributed by atoms with van der Waals surface area (Å²) in [6.07, 6.45) is 2.87. The molecule has 0 atom stereocenters. The fourth-order valence-corrected chi connectivity index (χ4v) is 3.64. The molecule has 1 aliphatic rings. The summed E-state index contributed by atoms with van der Waals surface area (Å²) in [5.74, 6) is -0.162. The summed E-state index contributed by atoms with van der Waals surface area (Å²) in [4.78, 5) is 25.3. The van der Waals surface area contributed by atoms with Crippen LogP contribution in [0, 0.1) is 0 Å². The van der Waals surface area contributed by atoms with Gasteiger partial charge >= 0.3 is 5.97 Å². The van der Waals surface area contributed by atoms with Gasteiger partial charge < -0.3 is 14.7 Å². The van der Waals surface area contributed by atoms with Crippen molar-refractivity contribution in [3.63, 3.8) is 0 Å². The van der Waals surface area contributed by atoms with E-state index in [0.29, 0.717) is 24.4 Å². The molecule has 0 fully saturated rings. The van der Waals surface area contributed by atoms with E-state index in [9.17, 15) is 9.59 Å². The molecule has 152 valence electrons. The Hall–Kier alpha value is -3.60. The van der Waals surface area contributed by atoms with E-state index in [1.54, 1.807) is 0 Å². The molecule has 1 aliphatic heterocycles. The predicted molar refractivity (Wildman–Crippen MR) is 117 cm³/mol. The average Bonchev–Trinajstić information content (AvgIpc) is 2.78. The number of aliphatic carboxylic acids is 1. The molecule has 0 aromatic heterocycles. The third-order valence-electron chi connectivity index (χ3n) is 5.30. The van der Waals surface area contributed by atoms with Gasteiger partial charge in [0.1, 0.15) is 5.75 Å². The zero-order valence-electron chi connectivity index (χ0n) is 16.6. The molecular weight excluding hydrogens is 378 g/mol. The molecule has 1 N–H and O–H groups in total. The lowest BCUT2D eigenvalue weighted by molar-refractivity contribution is -0.137. The lowest BCUT2D eigenvalue weighted by Gasteiger charge is -2.27. The average molecular weight is 401 g/mol. The molecule has 3 aromatic rings. The maximum atomic E-state index is 12.9. The second-order valence-corrected chi connectivity index (χ2v) is 7.31. The predicted octanol–water partition coefficient (Wildman–Crippen LogP) is 4.62. The molecule has 30 heavy (non-hydrogen) atoms. The van der Waals surface area contributed by atoms with Crippen LogP contribution in [0.15, 0.2) is 72.8 Å². The highest BCUT2D eigenvalue weighted by atomic mass is 16.5. The maximum absolute atomic E-state index is 12.9. The molecule has 0 aliphatic carbocycles. The van der Waals surface area contributed by atoms with Crippen LogP contribution in [-0.2, 0) is 4.79 Å². The lowest BCUT2D eigenvalue weighted by atomic mass is 9.98. The highest BCUT2D eigenvalue weighted by Gasteiger charge is 2.19. The van der Waals surface area contributed by atoms with E-state index in [1.165, 1.54) is 5.57 Å². The Morgan fingerprint density at radius 3 is 2.43 bits per heavy atom. The number of nitrogens with zero attached hydrogens (tertiary/aromatic N) is 1. The summed E-state index contributed by atoms with van der Waals surface area (Å²) < 4.78 is 5.43. The molecule has 0 saturated carbocycles. The van der Waals surface area contributed by atoms with Crippen molar-refractivity contribution in [3.8, 4) is 5.75 Å². The number of carboxylic acid groups (broad SMARTS) is 1. The Morgan fingerprint density at radius 1 is 0.967 bits per heavy atom. The molecule has 5 nitrogen and oxygen atoms in total. The molecule has 5 heteroatoms. The second kappa shape index (κ2) is 8.82. The summed E-state index contributed by atoms with van der Waals surface area (Å²) in [6, 6.07) is 21.5. The number of rotatable bonds is 6. The molecule has 0 radical (unpaired) electrons. The van der Waals surface area contributed by atoms with Gasteiger partial charge in [-0.05, 0) is 52.6 Å². The first kappa shape index (κ1) is 19.7. The maximum Gasteiger partial charge on any atom is 0.306 e. The van der Waals surface area contributed by atoms with Gasteiger partial charge in [0.15, 0.2) is 0 Å². The van der Waals surface area contributed by atoms with Gasteiger partial charge in [-0.3, -0.25) is 9.59 Å². The van der Waals surface area contributed by atoms with Crippen LogP contribution in [0.2, 0.25) is 0 Å². The molecule has 1 heterocycles. The van der Waals surface area contributed by atoms with Gasteiger partial charge in [0.2, 0.25) is 0 Å². The number of ether oxygens (including phenoxy) is 1. The van der Waals surface area contributed by atoms with Crippen molar-refractivity contribution in [2.75, 3.05) is 19.7 Å². The summed E-state index contributed by atoms with van der Waals surface area (Å²) >= 11 is 0. The van der Waals surface area contributed by atoms with E-state index < -0.39 is 5.97 Å².